The van der Waals surface area contributed by atoms with Gasteiger partial charge in [-0.2, -0.15) is 8.78 Å². The minimum absolute atomic E-state index is 0.0235. The number of hydrogen-bond acceptors (Lipinski definition) is 5. The molecule has 2 fully saturated rings. The number of benzene rings is 3. The molecule has 0 saturated carbocycles. The number of likely N-dealkylation sites (tertiary alicyclic amines) is 2. The minimum atomic E-state index is -2.39. The number of esters is 1. The number of carbonyl (C=O) groups excluding carboxylic acids is 3. The molecule has 236 valence electrons. The molecule has 45 heavy (non-hydrogen) atoms. The van der Waals surface area contributed by atoms with Gasteiger partial charge in [-0.05, 0) is 41.0 Å². The van der Waals surface area contributed by atoms with Crippen LogP contribution in [0.4, 0.5) is 26.7 Å². The molecule has 3 aromatic carbocycles. The van der Waals surface area contributed by atoms with Crippen molar-refractivity contribution in [3.63, 3.8) is 0 Å². The van der Waals surface area contributed by atoms with Gasteiger partial charge in [0.15, 0.2) is 0 Å². The van der Waals surface area contributed by atoms with Gasteiger partial charge < -0.3 is 14.4 Å². The van der Waals surface area contributed by atoms with E-state index in [4.69, 9.17) is 9.47 Å². The van der Waals surface area contributed by atoms with Gasteiger partial charge in [-0.1, -0.05) is 62.4 Å². The lowest BCUT2D eigenvalue weighted by Gasteiger charge is -2.30. The molecule has 3 aliphatic rings. The summed E-state index contributed by atoms with van der Waals surface area (Å²) in [5, 5.41) is 0. The Labute approximate surface area is 255 Å². The van der Waals surface area contributed by atoms with Gasteiger partial charge in [0.25, 0.3) is 0 Å². The van der Waals surface area contributed by atoms with Gasteiger partial charge in [0.1, 0.15) is 18.7 Å². The van der Waals surface area contributed by atoms with E-state index in [2.05, 4.69) is 0 Å². The molecule has 3 atom stereocenters. The Balaban J connectivity index is 1.18. The van der Waals surface area contributed by atoms with Crippen molar-refractivity contribution in [1.29, 1.82) is 0 Å². The summed E-state index contributed by atoms with van der Waals surface area (Å²) in [6.07, 6.45) is -0.285. The molecule has 0 aromatic heterocycles. The Morgan fingerprint density at radius 3 is 2.00 bits per heavy atom. The number of halogens is 5. The summed E-state index contributed by atoms with van der Waals surface area (Å²) in [5.41, 5.74) is 4.17. The highest BCUT2D eigenvalue weighted by atomic mass is 19.2. The van der Waals surface area contributed by atoms with Crippen molar-refractivity contribution in [3.05, 3.63) is 88.7 Å². The van der Waals surface area contributed by atoms with E-state index in [-0.39, 0.29) is 43.9 Å². The molecule has 6 rings (SSSR count). The normalized spacial score (nSPS) is 19.5. The molecule has 0 bridgehead atoms. The smallest absolute Gasteiger partial charge is 0.410 e. The van der Waals surface area contributed by atoms with Gasteiger partial charge in [-0.15, -0.1) is 0 Å². The van der Waals surface area contributed by atoms with Gasteiger partial charge in [0, 0.05) is 24.9 Å². The molecule has 0 unspecified atom stereocenters. The molecule has 1 aliphatic carbocycles. The van der Waals surface area contributed by atoms with Gasteiger partial charge in [-0.3, -0.25) is 9.69 Å². The average Bonchev–Trinajstić information content (AvgIpc) is 3.70. The molecule has 2 saturated heterocycles. The summed E-state index contributed by atoms with van der Waals surface area (Å²) >= 11 is 0. The van der Waals surface area contributed by atoms with Gasteiger partial charge in [-0.25, -0.2) is 22.8 Å². The third-order valence-electron chi connectivity index (χ3n) is 8.78. The average molecular weight is 629 g/mol. The predicted molar refractivity (Wildman–Crippen MR) is 150 cm³/mol. The largest absolute Gasteiger partial charge is 0.448 e. The summed E-state index contributed by atoms with van der Waals surface area (Å²) in [4.78, 5) is 42.7. The standard InChI is InChI=1S/C33H29F5N2O5/c1-16(2)13-23(32(42)45-30-27(37)25(35)24(34)26(36)28(30)38)40-14-17-11-12-39(29(17)31(40)41)33(43)44-15-22-20-9-5-3-7-18(20)19-8-4-6-10-21(19)22/h3-10,16-17,22-23,29H,11-15H2,1-2H3/t17-,23-,29-/m0/s1. The van der Waals surface area contributed by atoms with E-state index in [9.17, 15) is 36.3 Å². The van der Waals surface area contributed by atoms with Crippen LogP contribution >= 0.6 is 0 Å². The fourth-order valence-electron chi connectivity index (χ4n) is 6.70. The maximum atomic E-state index is 14.3. The lowest BCUT2D eigenvalue weighted by Crippen LogP contribution is -2.50. The van der Waals surface area contributed by atoms with Gasteiger partial charge >= 0.3 is 12.1 Å². The van der Waals surface area contributed by atoms with Crippen LogP contribution in [0.5, 0.6) is 5.75 Å². The maximum absolute atomic E-state index is 14.3. The maximum Gasteiger partial charge on any atom is 0.410 e. The Morgan fingerprint density at radius 1 is 0.867 bits per heavy atom. The Bertz CT molecular complexity index is 1620. The molecule has 2 amide bonds. The van der Waals surface area contributed by atoms with Gasteiger partial charge in [0.05, 0.1) is 0 Å². The van der Waals surface area contributed by atoms with Crippen LogP contribution in [0.3, 0.4) is 0 Å². The van der Waals surface area contributed by atoms with Crippen molar-refractivity contribution in [3.8, 4) is 16.9 Å². The fraction of sp³-hybridized carbons (Fsp3) is 0.364. The molecule has 0 N–H and O–H groups in total. The highest BCUT2D eigenvalue weighted by Gasteiger charge is 2.53. The summed E-state index contributed by atoms with van der Waals surface area (Å²) in [7, 11) is 0. The first-order valence-electron chi connectivity index (χ1n) is 14.6. The molecular weight excluding hydrogens is 599 g/mol. The highest BCUT2D eigenvalue weighted by molar-refractivity contribution is 5.93. The lowest BCUT2D eigenvalue weighted by molar-refractivity contribution is -0.148. The van der Waals surface area contributed by atoms with Gasteiger partial charge in [0.2, 0.25) is 40.7 Å². The van der Waals surface area contributed by atoms with Crippen LogP contribution in [0.2, 0.25) is 0 Å². The number of amides is 2. The van der Waals surface area contributed by atoms with E-state index in [0.29, 0.717) is 6.42 Å². The summed E-state index contributed by atoms with van der Waals surface area (Å²) < 4.78 is 80.1. The van der Waals surface area contributed by atoms with E-state index in [1.54, 1.807) is 13.8 Å². The number of rotatable bonds is 7. The van der Waals surface area contributed by atoms with Crippen molar-refractivity contribution >= 4 is 18.0 Å². The molecule has 3 aromatic rings. The molecule has 0 radical (unpaired) electrons. The SMILES string of the molecule is CC(C)C[C@@H](C(=O)Oc1c(F)c(F)c(F)c(F)c1F)N1C[C@@H]2CCN(C(=O)OCC3c4ccccc4-c4ccccc43)[C@@H]2C1=O. The monoisotopic (exact) mass is 628 g/mol. The third-order valence-corrected chi connectivity index (χ3v) is 8.78. The Hall–Kier alpha value is -4.48. The van der Waals surface area contributed by atoms with Crippen molar-refractivity contribution in [2.45, 2.75) is 44.7 Å². The topological polar surface area (TPSA) is 76.2 Å². The van der Waals surface area contributed by atoms with E-state index in [1.807, 2.05) is 48.5 Å². The first kappa shape index (κ1) is 30.5. The second-order valence-electron chi connectivity index (χ2n) is 11.9. The minimum Gasteiger partial charge on any atom is -0.448 e. The number of carbonyl (C=O) groups is 3. The van der Waals surface area contributed by atoms with Crippen LogP contribution in [-0.4, -0.2) is 59.5 Å². The number of nitrogens with zero attached hydrogens (tertiary/aromatic N) is 2. The van der Waals surface area contributed by atoms with E-state index < -0.39 is 64.9 Å². The van der Waals surface area contributed by atoms with Crippen LogP contribution in [0, 0.1) is 40.9 Å². The molecule has 12 heteroatoms. The quantitative estimate of drug-likeness (QED) is 0.103. The third kappa shape index (κ3) is 5.19. The van der Waals surface area contributed by atoms with Crippen molar-refractivity contribution in [1.82, 2.24) is 9.80 Å². The van der Waals surface area contributed by atoms with E-state index in [0.717, 1.165) is 27.2 Å². The summed E-state index contributed by atoms with van der Waals surface area (Å²) in [6.45, 7) is 3.77. The van der Waals surface area contributed by atoms with Crippen LogP contribution in [0.15, 0.2) is 48.5 Å². The van der Waals surface area contributed by atoms with Crippen LogP contribution < -0.4 is 4.74 Å². The van der Waals surface area contributed by atoms with Crippen molar-refractivity contribution < 1.29 is 45.8 Å². The zero-order valence-corrected chi connectivity index (χ0v) is 24.4. The first-order valence-corrected chi connectivity index (χ1v) is 14.6. The predicted octanol–water partition coefficient (Wildman–Crippen LogP) is 6.18. The first-order chi connectivity index (χ1) is 21.5. The second-order valence-corrected chi connectivity index (χ2v) is 11.9. The zero-order valence-electron chi connectivity index (χ0n) is 24.4. The number of fused-ring (bicyclic) bond motifs is 4. The molecule has 2 aliphatic heterocycles. The van der Waals surface area contributed by atoms with Crippen LogP contribution in [0.25, 0.3) is 11.1 Å². The summed E-state index contributed by atoms with van der Waals surface area (Å²) in [6, 6.07) is 13.4. The van der Waals surface area contributed by atoms with Crippen LogP contribution in [-0.2, 0) is 14.3 Å². The molecule has 0 spiro atoms. The fourth-order valence-corrected chi connectivity index (χ4v) is 6.70. The number of ether oxygens (including phenoxy) is 2. The van der Waals surface area contributed by atoms with Crippen molar-refractivity contribution in [2.24, 2.45) is 11.8 Å². The highest BCUT2D eigenvalue weighted by Crippen LogP contribution is 2.45. The lowest BCUT2D eigenvalue weighted by atomic mass is 9.98. The van der Waals surface area contributed by atoms with Crippen molar-refractivity contribution in [2.75, 3.05) is 19.7 Å². The zero-order chi connectivity index (χ0) is 32.2. The number of hydrogen-bond donors (Lipinski definition) is 0. The summed E-state index contributed by atoms with van der Waals surface area (Å²) in [5.74, 6) is -16.0. The molecule has 2 heterocycles. The molecular formula is C33H29F5N2O5. The Kier molecular flexibility index (Phi) is 8.00. The van der Waals surface area contributed by atoms with E-state index in [1.165, 1.54) is 4.90 Å². The van der Waals surface area contributed by atoms with Crippen LogP contribution in [0.1, 0.15) is 43.7 Å². The Morgan fingerprint density at radius 2 is 1.42 bits per heavy atom. The second kappa shape index (κ2) is 11.8. The van der Waals surface area contributed by atoms with E-state index >= 15 is 0 Å². The molecule has 7 nitrogen and oxygen atoms in total.